The number of aromatic nitrogens is 2. The van der Waals surface area contributed by atoms with E-state index in [9.17, 15) is 14.7 Å². The van der Waals surface area contributed by atoms with Crippen LogP contribution in [0, 0.1) is 0 Å². The third-order valence-electron chi connectivity index (χ3n) is 6.04. The molecule has 0 aliphatic carbocycles. The number of carbonyl (C=O) groups is 2. The lowest BCUT2D eigenvalue weighted by atomic mass is 9.95. The highest BCUT2D eigenvalue weighted by Gasteiger charge is 2.48. The van der Waals surface area contributed by atoms with E-state index in [1.165, 1.54) is 28.0 Å². The Bertz CT molecular complexity index is 1600. The molecule has 5 rings (SSSR count). The molecule has 40 heavy (non-hydrogen) atoms. The number of amides is 1. The normalized spacial score (nSPS) is 16.4. The molecule has 4 aromatic rings. The number of ketones is 1. The van der Waals surface area contributed by atoms with Gasteiger partial charge in [0.2, 0.25) is 5.13 Å². The average molecular weight is 611 g/mol. The number of aliphatic hydroxyl groups excluding tert-OH is 1. The summed E-state index contributed by atoms with van der Waals surface area (Å²) in [4.78, 5) is 28.1. The average Bonchev–Trinajstić information content (AvgIpc) is 3.53. The molecule has 1 unspecified atom stereocenters. The van der Waals surface area contributed by atoms with Gasteiger partial charge < -0.3 is 9.84 Å². The van der Waals surface area contributed by atoms with E-state index in [2.05, 4.69) is 16.8 Å². The van der Waals surface area contributed by atoms with E-state index in [0.29, 0.717) is 43.6 Å². The summed E-state index contributed by atoms with van der Waals surface area (Å²) in [6.07, 6.45) is 1.63. The zero-order chi connectivity index (χ0) is 28.2. The van der Waals surface area contributed by atoms with Gasteiger partial charge in [-0.1, -0.05) is 89.3 Å². The fraction of sp³-hybridized carbons (Fsp3) is 0.103. The van der Waals surface area contributed by atoms with Gasteiger partial charge in [-0.05, 0) is 53.6 Å². The first-order valence-corrected chi connectivity index (χ1v) is 14.5. The quantitative estimate of drug-likeness (QED) is 0.0530. The van der Waals surface area contributed by atoms with Crippen LogP contribution in [0.15, 0.2) is 95.4 Å². The van der Waals surface area contributed by atoms with Crippen LogP contribution in [0.25, 0.3) is 5.76 Å². The molecule has 3 aromatic carbocycles. The van der Waals surface area contributed by atoms with E-state index in [4.69, 9.17) is 27.9 Å². The second-order valence-electron chi connectivity index (χ2n) is 8.58. The number of carbonyl (C=O) groups excluding carboxylic acids is 2. The van der Waals surface area contributed by atoms with E-state index in [0.717, 1.165) is 5.56 Å². The second-order valence-corrected chi connectivity index (χ2v) is 11.6. The number of rotatable bonds is 9. The summed E-state index contributed by atoms with van der Waals surface area (Å²) in [6, 6.07) is 19.9. The minimum Gasteiger partial charge on any atom is -0.507 e. The Labute approximate surface area is 248 Å². The van der Waals surface area contributed by atoms with E-state index in [1.807, 2.05) is 24.3 Å². The maximum absolute atomic E-state index is 13.4. The van der Waals surface area contributed by atoms with Crippen LogP contribution in [0.4, 0.5) is 5.13 Å². The molecule has 1 aliphatic heterocycles. The van der Waals surface area contributed by atoms with Crippen LogP contribution in [-0.2, 0) is 15.3 Å². The number of anilines is 1. The first-order chi connectivity index (χ1) is 19.4. The number of hydrogen-bond acceptors (Lipinski definition) is 8. The third kappa shape index (κ3) is 5.78. The molecule has 1 fully saturated rings. The first kappa shape index (κ1) is 27.9. The van der Waals surface area contributed by atoms with Crippen LogP contribution < -0.4 is 9.64 Å². The molecule has 1 aromatic heterocycles. The van der Waals surface area contributed by atoms with E-state index in [1.54, 1.807) is 54.6 Å². The monoisotopic (exact) mass is 609 g/mol. The summed E-state index contributed by atoms with van der Waals surface area (Å²) in [6.45, 7) is 3.98. The number of hydrogen-bond donors (Lipinski definition) is 1. The van der Waals surface area contributed by atoms with Crippen molar-refractivity contribution in [2.45, 2.75) is 16.1 Å². The Balaban J connectivity index is 1.53. The van der Waals surface area contributed by atoms with Gasteiger partial charge in [-0.15, -0.1) is 10.2 Å². The van der Waals surface area contributed by atoms with Crippen molar-refractivity contribution < 1.29 is 19.4 Å². The fourth-order valence-corrected chi connectivity index (χ4v) is 6.40. The number of halogens is 2. The second kappa shape index (κ2) is 12.3. The molecule has 1 amide bonds. The molecule has 11 heteroatoms. The Morgan fingerprint density at radius 3 is 2.48 bits per heavy atom. The van der Waals surface area contributed by atoms with Crippen molar-refractivity contribution in [3.05, 3.63) is 118 Å². The predicted octanol–water partition coefficient (Wildman–Crippen LogP) is 7.33. The first-order valence-electron chi connectivity index (χ1n) is 12.0. The molecule has 0 spiro atoms. The van der Waals surface area contributed by atoms with Gasteiger partial charge in [-0.25, -0.2) is 0 Å². The summed E-state index contributed by atoms with van der Waals surface area (Å²) in [7, 11) is 0. The summed E-state index contributed by atoms with van der Waals surface area (Å²) in [5, 5.41) is 21.1. The highest BCUT2D eigenvalue weighted by Crippen LogP contribution is 2.44. The standard InChI is InChI=1S/C29H21Cl2N3O4S2/c1-2-15-38-21-13-9-17(10-14-21)24-23(25(35)18-7-11-20(30)12-8-18)26(36)27(37)34(24)28-32-33-29(40-28)39-16-19-5-3-4-6-22(19)31/h2-14,24,35H,1,15-16H2/b25-23-. The number of nitrogens with zero attached hydrogens (tertiary/aromatic N) is 3. The van der Waals surface area contributed by atoms with E-state index < -0.39 is 17.7 Å². The van der Waals surface area contributed by atoms with Gasteiger partial charge in [0.15, 0.2) is 4.34 Å². The van der Waals surface area contributed by atoms with Crippen LogP contribution >= 0.6 is 46.3 Å². The van der Waals surface area contributed by atoms with Crippen molar-refractivity contribution >= 4 is 68.9 Å². The van der Waals surface area contributed by atoms with Gasteiger partial charge in [0.25, 0.3) is 5.78 Å². The smallest absolute Gasteiger partial charge is 0.301 e. The van der Waals surface area contributed by atoms with Gasteiger partial charge in [0.1, 0.15) is 18.1 Å². The highest BCUT2D eigenvalue weighted by atomic mass is 35.5. The molecule has 1 aliphatic rings. The molecule has 1 N–H and O–H groups in total. The minimum absolute atomic E-state index is 0.0625. The van der Waals surface area contributed by atoms with Crippen LogP contribution in [0.2, 0.25) is 10.0 Å². The molecule has 2 heterocycles. The van der Waals surface area contributed by atoms with Gasteiger partial charge in [0, 0.05) is 21.4 Å². The van der Waals surface area contributed by atoms with Gasteiger partial charge in [-0.2, -0.15) is 0 Å². The van der Waals surface area contributed by atoms with Crippen molar-refractivity contribution in [3.63, 3.8) is 0 Å². The fourth-order valence-electron chi connectivity index (χ4n) is 4.12. The summed E-state index contributed by atoms with van der Waals surface area (Å²) >= 11 is 14.9. The predicted molar refractivity (Wildman–Crippen MR) is 159 cm³/mol. The minimum atomic E-state index is -0.946. The van der Waals surface area contributed by atoms with Gasteiger partial charge in [0.05, 0.1) is 11.6 Å². The highest BCUT2D eigenvalue weighted by molar-refractivity contribution is 8.00. The third-order valence-corrected chi connectivity index (χ3v) is 8.76. The van der Waals surface area contributed by atoms with Crippen LogP contribution in [0.5, 0.6) is 5.75 Å². The van der Waals surface area contributed by atoms with Gasteiger partial charge >= 0.3 is 5.91 Å². The van der Waals surface area contributed by atoms with Crippen molar-refractivity contribution in [3.8, 4) is 5.75 Å². The Morgan fingerprint density at radius 1 is 1.05 bits per heavy atom. The molecular formula is C29H21Cl2N3O4S2. The number of Topliss-reactive ketones (excluding diaryl/α,β-unsaturated/α-hetero) is 1. The largest absolute Gasteiger partial charge is 0.507 e. The molecule has 0 radical (unpaired) electrons. The molecule has 1 saturated heterocycles. The topological polar surface area (TPSA) is 92.6 Å². The Morgan fingerprint density at radius 2 is 1.77 bits per heavy atom. The van der Waals surface area contributed by atoms with Crippen molar-refractivity contribution in [2.24, 2.45) is 0 Å². The maximum Gasteiger partial charge on any atom is 0.301 e. The Kier molecular flexibility index (Phi) is 8.56. The zero-order valence-electron chi connectivity index (χ0n) is 20.8. The van der Waals surface area contributed by atoms with Crippen LogP contribution in [0.3, 0.4) is 0 Å². The summed E-state index contributed by atoms with van der Waals surface area (Å²) < 4.78 is 6.18. The molecule has 0 bridgehead atoms. The van der Waals surface area contributed by atoms with Crippen molar-refractivity contribution in [1.82, 2.24) is 10.2 Å². The number of thioether (sulfide) groups is 1. The molecule has 202 valence electrons. The number of ether oxygens (including phenoxy) is 1. The van der Waals surface area contributed by atoms with Crippen molar-refractivity contribution in [1.29, 1.82) is 0 Å². The SMILES string of the molecule is C=CCOc1ccc(C2/C(=C(/O)c3ccc(Cl)cc3)C(=O)C(=O)N2c2nnc(SCc3ccccc3Cl)s2)cc1. The number of aliphatic hydroxyl groups is 1. The number of benzene rings is 3. The molecule has 1 atom stereocenters. The molecule has 0 saturated carbocycles. The lowest BCUT2D eigenvalue weighted by Gasteiger charge is -2.22. The van der Waals surface area contributed by atoms with E-state index >= 15 is 0 Å². The van der Waals surface area contributed by atoms with Gasteiger partial charge in [-0.3, -0.25) is 14.5 Å². The lowest BCUT2D eigenvalue weighted by Crippen LogP contribution is -2.29. The van der Waals surface area contributed by atoms with Crippen molar-refractivity contribution in [2.75, 3.05) is 11.5 Å². The molecular weight excluding hydrogens is 589 g/mol. The summed E-state index contributed by atoms with van der Waals surface area (Å²) in [5.41, 5.74) is 1.81. The Hall–Kier alpha value is -3.63. The van der Waals surface area contributed by atoms with Crippen LogP contribution in [0.1, 0.15) is 22.7 Å². The lowest BCUT2D eigenvalue weighted by molar-refractivity contribution is -0.132. The van der Waals surface area contributed by atoms with Crippen LogP contribution in [-0.4, -0.2) is 33.6 Å². The maximum atomic E-state index is 13.4. The zero-order valence-corrected chi connectivity index (χ0v) is 23.9. The van der Waals surface area contributed by atoms with E-state index in [-0.39, 0.29) is 16.5 Å². The molecule has 7 nitrogen and oxygen atoms in total. The summed E-state index contributed by atoms with van der Waals surface area (Å²) in [5.74, 6) is -0.810.